The van der Waals surface area contributed by atoms with Gasteiger partial charge < -0.3 is 10.2 Å². The second kappa shape index (κ2) is 6.64. The van der Waals surface area contributed by atoms with Crippen LogP contribution in [0.25, 0.3) is 0 Å². The van der Waals surface area contributed by atoms with E-state index in [1.807, 2.05) is 11.8 Å². The van der Waals surface area contributed by atoms with Crippen molar-refractivity contribution in [2.75, 3.05) is 25.4 Å². The molecule has 17 heavy (non-hydrogen) atoms. The molecule has 0 aliphatic carbocycles. The van der Waals surface area contributed by atoms with E-state index in [1.165, 1.54) is 32.1 Å². The fraction of sp³-hybridized carbons (Fsp3) is 0.923. The van der Waals surface area contributed by atoms with E-state index in [2.05, 4.69) is 17.1 Å². The third kappa shape index (κ3) is 3.88. The van der Waals surface area contributed by atoms with Gasteiger partial charge in [0, 0.05) is 17.8 Å². The molecule has 2 rings (SSSR count). The molecule has 98 valence electrons. The number of carbonyl (C=O) groups excluding carboxylic acids is 1. The first-order chi connectivity index (χ1) is 8.27. The summed E-state index contributed by atoms with van der Waals surface area (Å²) in [5.41, 5.74) is 0. The maximum absolute atomic E-state index is 12.1. The van der Waals surface area contributed by atoms with Gasteiger partial charge in [0.2, 0.25) is 5.91 Å². The molecule has 1 N–H and O–H groups in total. The summed E-state index contributed by atoms with van der Waals surface area (Å²) in [5, 5.41) is 4.06. The number of likely N-dealkylation sites (tertiary alicyclic amines) is 1. The highest BCUT2D eigenvalue weighted by Crippen LogP contribution is 2.22. The third-order valence-corrected chi connectivity index (χ3v) is 5.21. The summed E-state index contributed by atoms with van der Waals surface area (Å²) in [6.07, 6.45) is 6.09. The molecular formula is C13H24N2OS. The number of hydrogen-bond acceptors (Lipinski definition) is 3. The van der Waals surface area contributed by atoms with Gasteiger partial charge in [-0.05, 0) is 52.1 Å². The molecule has 1 amide bonds. The number of rotatable bonds is 3. The molecule has 2 heterocycles. The summed E-state index contributed by atoms with van der Waals surface area (Å²) in [7, 11) is 0. The lowest BCUT2D eigenvalue weighted by molar-refractivity contribution is -0.131. The molecule has 0 saturated carbocycles. The van der Waals surface area contributed by atoms with Crippen LogP contribution in [0, 0.1) is 0 Å². The molecule has 2 aliphatic heterocycles. The normalized spacial score (nSPS) is 27.1. The largest absolute Gasteiger partial charge is 0.339 e. The van der Waals surface area contributed by atoms with Gasteiger partial charge >= 0.3 is 0 Å². The van der Waals surface area contributed by atoms with Crippen LogP contribution in [0.3, 0.4) is 0 Å². The second-order valence-electron chi connectivity index (χ2n) is 5.19. The first kappa shape index (κ1) is 13.2. The van der Waals surface area contributed by atoms with Gasteiger partial charge in [-0.2, -0.15) is 0 Å². The van der Waals surface area contributed by atoms with Crippen molar-refractivity contribution in [3.8, 4) is 0 Å². The molecule has 0 spiro atoms. The van der Waals surface area contributed by atoms with Gasteiger partial charge in [-0.25, -0.2) is 0 Å². The van der Waals surface area contributed by atoms with Crippen LogP contribution < -0.4 is 5.32 Å². The third-order valence-electron chi connectivity index (χ3n) is 3.85. The number of thioether (sulfide) groups is 1. The van der Waals surface area contributed by atoms with E-state index in [0.29, 0.717) is 23.0 Å². The van der Waals surface area contributed by atoms with Crippen molar-refractivity contribution in [3.05, 3.63) is 0 Å². The SMILES string of the molecule is CC1CCCCN1C(=O)CSC1CCNCC1. The van der Waals surface area contributed by atoms with Crippen LogP contribution >= 0.6 is 11.8 Å². The van der Waals surface area contributed by atoms with Crippen LogP contribution in [0.4, 0.5) is 0 Å². The molecule has 2 saturated heterocycles. The minimum Gasteiger partial charge on any atom is -0.339 e. The Labute approximate surface area is 109 Å². The smallest absolute Gasteiger partial charge is 0.232 e. The van der Waals surface area contributed by atoms with Crippen LogP contribution in [-0.2, 0) is 4.79 Å². The monoisotopic (exact) mass is 256 g/mol. The van der Waals surface area contributed by atoms with Crippen LogP contribution in [0.15, 0.2) is 0 Å². The maximum Gasteiger partial charge on any atom is 0.232 e. The van der Waals surface area contributed by atoms with E-state index in [4.69, 9.17) is 0 Å². The standard InChI is InChI=1S/C13H24N2OS/c1-11-4-2-3-9-15(11)13(16)10-17-12-5-7-14-8-6-12/h11-12,14H,2-10H2,1H3. The highest BCUT2D eigenvalue weighted by atomic mass is 32.2. The van der Waals surface area contributed by atoms with E-state index in [9.17, 15) is 4.79 Å². The summed E-state index contributed by atoms with van der Waals surface area (Å²) in [6, 6.07) is 0.463. The average molecular weight is 256 g/mol. The minimum atomic E-state index is 0.362. The Morgan fingerprint density at radius 2 is 2.06 bits per heavy atom. The first-order valence-corrected chi connectivity index (χ1v) is 7.94. The summed E-state index contributed by atoms with van der Waals surface area (Å²) in [4.78, 5) is 14.2. The predicted octanol–water partition coefficient (Wildman–Crippen LogP) is 1.87. The zero-order chi connectivity index (χ0) is 12.1. The molecule has 0 aromatic heterocycles. The molecule has 0 radical (unpaired) electrons. The first-order valence-electron chi connectivity index (χ1n) is 6.89. The summed E-state index contributed by atoms with van der Waals surface area (Å²) in [6.45, 7) is 5.40. The number of carbonyl (C=O) groups is 1. The molecule has 4 heteroatoms. The summed E-state index contributed by atoms with van der Waals surface area (Å²) < 4.78 is 0. The molecule has 2 aliphatic rings. The highest BCUT2D eigenvalue weighted by Gasteiger charge is 2.24. The Balaban J connectivity index is 1.72. The molecule has 0 aromatic rings. The van der Waals surface area contributed by atoms with Crippen LogP contribution in [-0.4, -0.2) is 47.5 Å². The topological polar surface area (TPSA) is 32.3 Å². The summed E-state index contributed by atoms with van der Waals surface area (Å²) in [5.74, 6) is 1.05. The van der Waals surface area contributed by atoms with Crippen molar-refractivity contribution >= 4 is 17.7 Å². The Morgan fingerprint density at radius 1 is 1.29 bits per heavy atom. The Hall–Kier alpha value is -0.220. The van der Waals surface area contributed by atoms with E-state index in [1.54, 1.807) is 0 Å². The van der Waals surface area contributed by atoms with Gasteiger partial charge in [0.15, 0.2) is 0 Å². The van der Waals surface area contributed by atoms with E-state index >= 15 is 0 Å². The van der Waals surface area contributed by atoms with Crippen LogP contribution in [0.5, 0.6) is 0 Å². The van der Waals surface area contributed by atoms with Gasteiger partial charge in [-0.1, -0.05) is 0 Å². The van der Waals surface area contributed by atoms with E-state index in [0.717, 1.165) is 19.6 Å². The zero-order valence-electron chi connectivity index (χ0n) is 10.8. The molecule has 1 unspecified atom stereocenters. The Bertz CT molecular complexity index is 254. The van der Waals surface area contributed by atoms with Gasteiger partial charge in [0.25, 0.3) is 0 Å². The molecule has 2 fully saturated rings. The van der Waals surface area contributed by atoms with Gasteiger partial charge in [-0.3, -0.25) is 4.79 Å². The second-order valence-corrected chi connectivity index (χ2v) is 6.48. The lowest BCUT2D eigenvalue weighted by Crippen LogP contribution is -2.43. The van der Waals surface area contributed by atoms with Gasteiger partial charge in [-0.15, -0.1) is 11.8 Å². The van der Waals surface area contributed by atoms with Crippen LogP contribution in [0.1, 0.15) is 39.0 Å². The lowest BCUT2D eigenvalue weighted by atomic mass is 10.0. The number of hydrogen-bond donors (Lipinski definition) is 1. The van der Waals surface area contributed by atoms with Crippen molar-refractivity contribution in [3.63, 3.8) is 0 Å². The number of piperidine rings is 2. The predicted molar refractivity (Wildman–Crippen MR) is 73.4 cm³/mol. The molecule has 0 aromatic carbocycles. The molecular weight excluding hydrogens is 232 g/mol. The Kier molecular flexibility index (Phi) is 5.16. The highest BCUT2D eigenvalue weighted by molar-refractivity contribution is 8.00. The fourth-order valence-corrected chi connectivity index (χ4v) is 3.82. The Morgan fingerprint density at radius 3 is 2.76 bits per heavy atom. The lowest BCUT2D eigenvalue weighted by Gasteiger charge is -2.34. The molecule has 1 atom stereocenters. The average Bonchev–Trinajstić information content (AvgIpc) is 2.38. The zero-order valence-corrected chi connectivity index (χ0v) is 11.6. The van der Waals surface area contributed by atoms with E-state index in [-0.39, 0.29) is 0 Å². The minimum absolute atomic E-state index is 0.362. The van der Waals surface area contributed by atoms with E-state index < -0.39 is 0 Å². The van der Waals surface area contributed by atoms with Gasteiger partial charge in [0.05, 0.1) is 5.75 Å². The van der Waals surface area contributed by atoms with Crippen molar-refractivity contribution < 1.29 is 4.79 Å². The number of amides is 1. The number of nitrogens with zero attached hydrogens (tertiary/aromatic N) is 1. The van der Waals surface area contributed by atoms with Crippen molar-refractivity contribution in [1.82, 2.24) is 10.2 Å². The molecule has 3 nitrogen and oxygen atoms in total. The fourth-order valence-electron chi connectivity index (χ4n) is 2.70. The maximum atomic E-state index is 12.1. The van der Waals surface area contributed by atoms with Crippen LogP contribution in [0.2, 0.25) is 0 Å². The molecule has 0 bridgehead atoms. The van der Waals surface area contributed by atoms with Gasteiger partial charge in [0.1, 0.15) is 0 Å². The van der Waals surface area contributed by atoms with Crippen molar-refractivity contribution in [2.45, 2.75) is 50.3 Å². The quantitative estimate of drug-likeness (QED) is 0.837. The van der Waals surface area contributed by atoms with Crippen molar-refractivity contribution in [2.24, 2.45) is 0 Å². The summed E-state index contributed by atoms with van der Waals surface area (Å²) >= 11 is 1.87. The number of nitrogens with one attached hydrogen (secondary N) is 1. The van der Waals surface area contributed by atoms with Crippen molar-refractivity contribution in [1.29, 1.82) is 0 Å².